The van der Waals surface area contributed by atoms with Crippen LogP contribution < -0.4 is 5.32 Å². The number of methoxy groups -OCH3 is 1. The molecular formula is C19H20N4OS. The largest absolute Gasteiger partial charge is 0.468 e. The molecule has 128 valence electrons. The summed E-state index contributed by atoms with van der Waals surface area (Å²) in [6.07, 6.45) is 0. The molecule has 0 aromatic heterocycles. The van der Waals surface area contributed by atoms with Gasteiger partial charge in [-0.1, -0.05) is 42.1 Å². The van der Waals surface area contributed by atoms with Crippen LogP contribution in [0.15, 0.2) is 64.6 Å². The van der Waals surface area contributed by atoms with Gasteiger partial charge in [0.2, 0.25) is 0 Å². The summed E-state index contributed by atoms with van der Waals surface area (Å²) in [5.41, 5.74) is 3.01. The van der Waals surface area contributed by atoms with Gasteiger partial charge in [0, 0.05) is 24.5 Å². The molecule has 0 spiro atoms. The summed E-state index contributed by atoms with van der Waals surface area (Å²) >= 11 is 1.85. The fourth-order valence-electron chi connectivity index (χ4n) is 2.98. The molecule has 1 saturated heterocycles. The van der Waals surface area contributed by atoms with Gasteiger partial charge in [-0.3, -0.25) is 4.99 Å². The number of hydrogen-bond acceptors (Lipinski definition) is 5. The Hall–Kier alpha value is -2.47. The van der Waals surface area contributed by atoms with Crippen LogP contribution in [-0.4, -0.2) is 42.0 Å². The molecule has 2 aromatic carbocycles. The Morgan fingerprint density at radius 3 is 2.92 bits per heavy atom. The quantitative estimate of drug-likeness (QED) is 0.672. The first kappa shape index (κ1) is 16.0. The molecular weight excluding hydrogens is 332 g/mol. The molecule has 0 amide bonds. The second-order valence-corrected chi connectivity index (χ2v) is 6.99. The lowest BCUT2D eigenvalue weighted by Crippen LogP contribution is -2.21. The number of ether oxygens (including phenoxy) is 1. The van der Waals surface area contributed by atoms with E-state index >= 15 is 0 Å². The van der Waals surface area contributed by atoms with Crippen molar-refractivity contribution < 1.29 is 4.74 Å². The highest BCUT2D eigenvalue weighted by atomic mass is 32.2. The average molecular weight is 352 g/mol. The third-order valence-electron chi connectivity index (χ3n) is 4.23. The fourth-order valence-corrected chi connectivity index (χ4v) is 4.02. The lowest BCUT2D eigenvalue weighted by Gasteiger charge is -2.14. The van der Waals surface area contributed by atoms with Crippen LogP contribution in [0.5, 0.6) is 0 Å². The number of hydrogen-bond donors (Lipinski definition) is 1. The van der Waals surface area contributed by atoms with Gasteiger partial charge in [-0.2, -0.15) is 4.99 Å². The van der Waals surface area contributed by atoms with Crippen LogP contribution in [0.3, 0.4) is 0 Å². The standard InChI is InChI=1S/C19H20N4OS/c1-24-18(20-15-7-3-2-4-8-15)21-16-9-5-6-14(12-16)17-13-23-10-11-25-19(23)22-17/h2-9,12,17H,10-11,13H2,1H3,(H,20,21). The summed E-state index contributed by atoms with van der Waals surface area (Å²) < 4.78 is 5.38. The zero-order valence-corrected chi connectivity index (χ0v) is 14.9. The molecule has 6 heteroatoms. The molecule has 4 rings (SSSR count). The number of nitrogens with zero attached hydrogens (tertiary/aromatic N) is 3. The number of thioether (sulfide) groups is 1. The molecule has 0 bridgehead atoms. The van der Waals surface area contributed by atoms with Gasteiger partial charge in [-0.25, -0.2) is 0 Å². The van der Waals surface area contributed by atoms with Gasteiger partial charge in [-0.05, 0) is 29.8 Å². The number of rotatable bonds is 3. The molecule has 0 radical (unpaired) electrons. The Morgan fingerprint density at radius 2 is 2.12 bits per heavy atom. The number of aliphatic imine (C=N–C) groups is 2. The Balaban J connectivity index is 1.51. The van der Waals surface area contributed by atoms with Gasteiger partial charge in [0.1, 0.15) is 0 Å². The van der Waals surface area contributed by atoms with E-state index in [9.17, 15) is 0 Å². The highest BCUT2D eigenvalue weighted by molar-refractivity contribution is 8.14. The van der Waals surface area contributed by atoms with Crippen molar-refractivity contribution in [1.29, 1.82) is 0 Å². The van der Waals surface area contributed by atoms with Gasteiger partial charge in [0.15, 0.2) is 5.17 Å². The summed E-state index contributed by atoms with van der Waals surface area (Å²) in [7, 11) is 1.62. The van der Waals surface area contributed by atoms with Gasteiger partial charge in [0.25, 0.3) is 6.02 Å². The van der Waals surface area contributed by atoms with Crippen LogP contribution in [0.1, 0.15) is 11.6 Å². The van der Waals surface area contributed by atoms with E-state index in [1.165, 1.54) is 10.7 Å². The van der Waals surface area contributed by atoms with Crippen LogP contribution in [0.25, 0.3) is 0 Å². The van der Waals surface area contributed by atoms with E-state index in [4.69, 9.17) is 9.73 Å². The van der Waals surface area contributed by atoms with E-state index in [1.54, 1.807) is 7.11 Å². The number of para-hydroxylation sites is 1. The Bertz CT molecular complexity index is 806. The first-order chi connectivity index (χ1) is 12.3. The minimum absolute atomic E-state index is 0.210. The van der Waals surface area contributed by atoms with Crippen LogP contribution >= 0.6 is 11.8 Å². The number of amidine groups is 2. The topological polar surface area (TPSA) is 49.2 Å². The Kier molecular flexibility index (Phi) is 4.61. The maximum Gasteiger partial charge on any atom is 0.294 e. The Labute approximate surface area is 151 Å². The van der Waals surface area contributed by atoms with E-state index in [1.807, 2.05) is 54.2 Å². The normalized spacial score (nSPS) is 19.6. The third kappa shape index (κ3) is 3.64. The maximum absolute atomic E-state index is 5.38. The molecule has 1 N–H and O–H groups in total. The molecule has 2 heterocycles. The van der Waals surface area contributed by atoms with Crippen molar-refractivity contribution in [2.24, 2.45) is 9.98 Å². The van der Waals surface area contributed by atoms with Gasteiger partial charge in [0.05, 0.1) is 18.8 Å². The van der Waals surface area contributed by atoms with Crippen LogP contribution in [-0.2, 0) is 4.74 Å². The van der Waals surface area contributed by atoms with E-state index in [2.05, 4.69) is 27.3 Å². The first-order valence-corrected chi connectivity index (χ1v) is 9.30. The molecule has 0 saturated carbocycles. The zero-order valence-electron chi connectivity index (χ0n) is 14.1. The highest BCUT2D eigenvalue weighted by Crippen LogP contribution is 2.33. The van der Waals surface area contributed by atoms with Crippen molar-refractivity contribution in [3.05, 3.63) is 60.2 Å². The first-order valence-electron chi connectivity index (χ1n) is 8.32. The third-order valence-corrected chi connectivity index (χ3v) is 5.23. The average Bonchev–Trinajstić information content (AvgIpc) is 3.24. The summed E-state index contributed by atoms with van der Waals surface area (Å²) in [5, 5.41) is 4.44. The molecule has 2 aliphatic rings. The van der Waals surface area contributed by atoms with E-state index < -0.39 is 0 Å². The molecule has 1 atom stereocenters. The Morgan fingerprint density at radius 1 is 1.24 bits per heavy atom. The number of fused-ring (bicyclic) bond motifs is 1. The van der Waals surface area contributed by atoms with Crippen LogP contribution in [0.2, 0.25) is 0 Å². The van der Waals surface area contributed by atoms with Crippen molar-refractivity contribution >= 4 is 34.3 Å². The van der Waals surface area contributed by atoms with E-state index in [0.717, 1.165) is 30.2 Å². The van der Waals surface area contributed by atoms with Crippen molar-refractivity contribution in [2.75, 3.05) is 31.3 Å². The smallest absolute Gasteiger partial charge is 0.294 e. The lowest BCUT2D eigenvalue weighted by atomic mass is 10.1. The number of nitrogens with one attached hydrogen (secondary N) is 1. The summed E-state index contributed by atoms with van der Waals surface area (Å²) in [5.74, 6) is 1.15. The maximum atomic E-state index is 5.38. The second kappa shape index (κ2) is 7.19. The van der Waals surface area contributed by atoms with E-state index in [-0.39, 0.29) is 6.04 Å². The van der Waals surface area contributed by atoms with E-state index in [0.29, 0.717) is 6.02 Å². The molecule has 2 aliphatic heterocycles. The molecule has 25 heavy (non-hydrogen) atoms. The SMILES string of the molecule is COC(=Nc1ccccc1)Nc1cccc(C2CN3CCSC3=N2)c1. The fraction of sp³-hybridized carbons (Fsp3) is 0.263. The molecule has 2 aromatic rings. The summed E-state index contributed by atoms with van der Waals surface area (Å²) in [6.45, 7) is 2.08. The predicted molar refractivity (Wildman–Crippen MR) is 105 cm³/mol. The monoisotopic (exact) mass is 352 g/mol. The molecule has 5 nitrogen and oxygen atoms in total. The molecule has 0 aliphatic carbocycles. The van der Waals surface area contributed by atoms with Crippen molar-refractivity contribution in [3.8, 4) is 0 Å². The second-order valence-electron chi connectivity index (χ2n) is 5.93. The van der Waals surface area contributed by atoms with Gasteiger partial charge in [-0.15, -0.1) is 0 Å². The van der Waals surface area contributed by atoms with Crippen molar-refractivity contribution in [1.82, 2.24) is 4.90 Å². The van der Waals surface area contributed by atoms with Gasteiger partial charge >= 0.3 is 0 Å². The predicted octanol–water partition coefficient (Wildman–Crippen LogP) is 3.89. The number of benzene rings is 2. The minimum Gasteiger partial charge on any atom is -0.468 e. The van der Waals surface area contributed by atoms with Crippen LogP contribution in [0, 0.1) is 0 Å². The lowest BCUT2D eigenvalue weighted by molar-refractivity contribution is 0.402. The highest BCUT2D eigenvalue weighted by Gasteiger charge is 2.30. The van der Waals surface area contributed by atoms with Crippen molar-refractivity contribution in [3.63, 3.8) is 0 Å². The molecule has 1 unspecified atom stereocenters. The summed E-state index contributed by atoms with van der Waals surface area (Å²) in [4.78, 5) is 11.7. The van der Waals surface area contributed by atoms with Gasteiger partial charge < -0.3 is 15.0 Å². The zero-order chi connectivity index (χ0) is 17.1. The minimum atomic E-state index is 0.210. The molecule has 1 fully saturated rings. The van der Waals surface area contributed by atoms with Crippen LogP contribution in [0.4, 0.5) is 11.4 Å². The summed E-state index contributed by atoms with van der Waals surface area (Å²) in [6, 6.07) is 18.8. The number of anilines is 1. The van der Waals surface area contributed by atoms with Crippen molar-refractivity contribution in [2.45, 2.75) is 6.04 Å².